The van der Waals surface area contributed by atoms with Gasteiger partial charge in [0, 0.05) is 99.6 Å². The number of rotatable bonds is 10. The minimum absolute atomic E-state index is 0.673. The Morgan fingerprint density at radius 2 is 0.532 bits per heavy atom. The molecule has 0 spiro atoms. The summed E-state index contributed by atoms with van der Waals surface area (Å²) in [6.45, 7) is 0. The molecule has 21 heteroatoms. The summed E-state index contributed by atoms with van der Waals surface area (Å²) in [5, 5.41) is 4.52. The van der Waals surface area contributed by atoms with Gasteiger partial charge < -0.3 is 0 Å². The average Bonchev–Trinajstić information content (AvgIpc) is 1.58. The fraction of sp³-hybridized carbons (Fsp3) is 0. The molecule has 0 N–H and O–H groups in total. The molecule has 0 unspecified atom stereocenters. The highest BCUT2D eigenvalue weighted by Gasteiger charge is 2.24. The van der Waals surface area contributed by atoms with Gasteiger partial charge in [-0.2, -0.15) is 0 Å². The molecule has 0 radical (unpaired) electrons. The van der Waals surface area contributed by atoms with E-state index in [-0.39, 0.29) is 0 Å². The van der Waals surface area contributed by atoms with Crippen LogP contribution in [0.5, 0.6) is 0 Å². The highest BCUT2D eigenvalue weighted by Crippen LogP contribution is 2.39. The van der Waals surface area contributed by atoms with Gasteiger partial charge in [-0.05, 0) is 164 Å². The second-order valence-electron chi connectivity index (χ2n) is 29.8. The van der Waals surface area contributed by atoms with Crippen LogP contribution in [0.3, 0.4) is 0 Å². The summed E-state index contributed by atoms with van der Waals surface area (Å²) in [7, 11) is 0. The number of pyridine rings is 11. The van der Waals surface area contributed by atoms with Crippen molar-refractivity contribution in [2.45, 2.75) is 0 Å². The number of para-hydroxylation sites is 4. The average molecular weight is 1600 g/mol. The number of fused-ring (bicyclic) bond motifs is 20. The minimum Gasteiger partial charge on any atom is -0.292 e. The van der Waals surface area contributed by atoms with Gasteiger partial charge in [0.05, 0.1) is 109 Å². The van der Waals surface area contributed by atoms with E-state index in [9.17, 15) is 0 Å². The summed E-state index contributed by atoms with van der Waals surface area (Å²) in [5.41, 5.74) is 30.3. The molecule has 26 aromatic rings. The van der Waals surface area contributed by atoms with E-state index in [4.69, 9.17) is 44.9 Å². The lowest BCUT2D eigenvalue weighted by atomic mass is 10.1. The molecule has 0 saturated carbocycles. The minimum atomic E-state index is 0.673. The Kier molecular flexibility index (Phi) is 17.6. The maximum absolute atomic E-state index is 4.94. The van der Waals surface area contributed by atoms with Crippen molar-refractivity contribution in [3.05, 3.63) is 408 Å². The van der Waals surface area contributed by atoms with Crippen LogP contribution in [-0.4, -0.2) is 101 Å². The molecule has 124 heavy (non-hydrogen) atoms. The molecule has 0 atom stereocenters. The van der Waals surface area contributed by atoms with Crippen molar-refractivity contribution >= 4 is 111 Å². The van der Waals surface area contributed by atoms with Gasteiger partial charge in [-0.15, -0.1) is 0 Å². The van der Waals surface area contributed by atoms with Gasteiger partial charge in [0.15, 0.2) is 28.4 Å². The number of aromatic nitrogens is 21. The fourth-order valence-corrected chi connectivity index (χ4v) is 16.8. The van der Waals surface area contributed by atoms with Crippen molar-refractivity contribution in [1.82, 2.24) is 101 Å². The fourth-order valence-electron chi connectivity index (χ4n) is 16.8. The van der Waals surface area contributed by atoms with Gasteiger partial charge in [0.1, 0.15) is 44.7 Å². The zero-order chi connectivity index (χ0) is 82.0. The zero-order valence-electron chi connectivity index (χ0n) is 66.1. The van der Waals surface area contributed by atoms with E-state index in [0.717, 1.165) is 196 Å². The first-order valence-corrected chi connectivity index (χ1v) is 40.6. The molecular weight excluding hydrogens is 1530 g/mol. The molecule has 0 aliphatic heterocycles. The lowest BCUT2D eigenvalue weighted by Crippen LogP contribution is -2.00. The van der Waals surface area contributed by atoms with E-state index in [0.29, 0.717) is 5.82 Å². The Bertz CT molecular complexity index is 7830. The predicted octanol–water partition coefficient (Wildman–Crippen LogP) is 22.3. The SMILES string of the molecule is c1ccc(-c2cc(-c3ccc(-n4c5ccccc5c5nc6ccccn6c54)cn3)nc(-c3ccccc3)n2)cc1.c1ccc(-c2ccc(-n3c4ccccc4c4nc5ccccn5c43)cn2)nc1.c1ccc2c(c1)c1nc3ccccn3c1n2-c1ccc(-c2ccncc2)nc1.c1cncc(-c2ccc(-n3c4ccccc4c4nc5ccccn5c43)cn2)c1. The number of hydrogen-bond donors (Lipinski definition) is 0. The monoisotopic (exact) mass is 1600 g/mol. The molecular formula is C103H67N21. The first kappa shape index (κ1) is 71.7. The van der Waals surface area contributed by atoms with Gasteiger partial charge in [0.25, 0.3) is 0 Å². The lowest BCUT2D eigenvalue weighted by molar-refractivity contribution is 1.08. The first-order chi connectivity index (χ1) is 61.5. The molecule has 6 aromatic carbocycles. The maximum atomic E-state index is 4.94. The van der Waals surface area contributed by atoms with Gasteiger partial charge in [-0.1, -0.05) is 164 Å². The van der Waals surface area contributed by atoms with Crippen molar-refractivity contribution in [1.29, 1.82) is 0 Å². The van der Waals surface area contributed by atoms with Gasteiger partial charge >= 0.3 is 0 Å². The van der Waals surface area contributed by atoms with Crippen LogP contribution in [0.15, 0.2) is 408 Å². The van der Waals surface area contributed by atoms with E-state index < -0.39 is 0 Å². The Morgan fingerprint density at radius 3 is 0.919 bits per heavy atom. The Hall–Kier alpha value is -17.6. The van der Waals surface area contributed by atoms with Gasteiger partial charge in [0.2, 0.25) is 0 Å². The van der Waals surface area contributed by atoms with Crippen LogP contribution in [0.2, 0.25) is 0 Å². The molecule has 0 bridgehead atoms. The third-order valence-corrected chi connectivity index (χ3v) is 22.4. The highest BCUT2D eigenvalue weighted by molar-refractivity contribution is 6.11. The van der Waals surface area contributed by atoms with Gasteiger partial charge in [-0.25, -0.2) is 29.9 Å². The number of nitrogens with zero attached hydrogens (tertiary/aromatic N) is 21. The van der Waals surface area contributed by atoms with Crippen molar-refractivity contribution in [2.75, 3.05) is 0 Å². The van der Waals surface area contributed by atoms with Crippen molar-refractivity contribution in [3.63, 3.8) is 0 Å². The molecule has 20 heterocycles. The van der Waals surface area contributed by atoms with Crippen molar-refractivity contribution < 1.29 is 0 Å². The molecule has 0 amide bonds. The molecule has 26 rings (SSSR count). The normalized spacial score (nSPS) is 11.5. The lowest BCUT2D eigenvalue weighted by Gasteiger charge is -2.11. The second-order valence-corrected chi connectivity index (χ2v) is 29.8. The summed E-state index contributed by atoms with van der Waals surface area (Å²) >= 11 is 0. The maximum Gasteiger partial charge on any atom is 0.160 e. The van der Waals surface area contributed by atoms with E-state index in [1.807, 2.05) is 219 Å². The van der Waals surface area contributed by atoms with Crippen LogP contribution in [0.1, 0.15) is 0 Å². The standard InChI is InChI=1S/C34H22N6.3C23H15N5/c1-3-11-23(12-4-1)28-21-29(37-33(36-28)24-13-5-2-6-14-24)27-19-18-25(22-35-27)40-30-16-8-7-15-26(30)32-34(40)39-20-10-9-17-31(39)38-32;1-2-9-20-17(7-1)22-23(27-14-6-4-10-21(27)26-22)28(20)16-11-12-19(25-15-16)18-8-3-5-13-24-18;1-2-8-20-18(7-1)22-23(27-13-4-3-9-21(27)26-22)28(20)17-10-11-19(25-15-17)16-6-5-12-24-14-16;1-2-6-20-18(5-1)22-23(27-14-4-3-7-21(27)26-22)28(20)17-8-9-19(25-15-17)16-10-12-24-13-11-16/h1-22H;3*1-15H. The van der Waals surface area contributed by atoms with Crippen LogP contribution in [0.25, 0.3) is 202 Å². The van der Waals surface area contributed by atoms with Crippen molar-refractivity contribution in [3.8, 4) is 90.7 Å². The van der Waals surface area contributed by atoms with Crippen molar-refractivity contribution in [2.24, 2.45) is 0 Å². The summed E-state index contributed by atoms with van der Waals surface area (Å²) in [6, 6.07) is 110. The highest BCUT2D eigenvalue weighted by atomic mass is 15.2. The topological polar surface area (TPSA) is 205 Å². The molecule has 0 fully saturated rings. The molecule has 584 valence electrons. The van der Waals surface area contributed by atoms with Crippen LogP contribution in [0, 0.1) is 0 Å². The van der Waals surface area contributed by atoms with Crippen LogP contribution in [0.4, 0.5) is 0 Å². The van der Waals surface area contributed by atoms with Gasteiger partial charge in [-0.3, -0.25) is 70.8 Å². The Balaban J connectivity index is 0.0000000968. The quantitative estimate of drug-likeness (QED) is 0.125. The molecule has 20 aromatic heterocycles. The predicted molar refractivity (Wildman–Crippen MR) is 491 cm³/mol. The smallest absolute Gasteiger partial charge is 0.160 e. The molecule has 0 aliphatic rings. The van der Waals surface area contributed by atoms with E-state index >= 15 is 0 Å². The van der Waals surface area contributed by atoms with Crippen LogP contribution >= 0.6 is 0 Å². The summed E-state index contributed by atoms with van der Waals surface area (Å²) in [4.78, 5) is 61.0. The summed E-state index contributed by atoms with van der Waals surface area (Å²) < 4.78 is 17.4. The van der Waals surface area contributed by atoms with E-state index in [1.54, 1.807) is 24.8 Å². The summed E-state index contributed by atoms with van der Waals surface area (Å²) in [5.74, 6) is 0.673. The number of hydrogen-bond acceptors (Lipinski definition) is 13. The number of imidazole rings is 4. The van der Waals surface area contributed by atoms with E-state index in [1.165, 1.54) is 0 Å². The Labute approximate surface area is 706 Å². The van der Waals surface area contributed by atoms with Crippen LogP contribution in [-0.2, 0) is 0 Å². The zero-order valence-corrected chi connectivity index (χ0v) is 66.1. The van der Waals surface area contributed by atoms with E-state index in [2.05, 4.69) is 220 Å². The second kappa shape index (κ2) is 30.4. The first-order valence-electron chi connectivity index (χ1n) is 40.6. The molecule has 0 saturated heterocycles. The number of benzene rings is 6. The third kappa shape index (κ3) is 12.5. The molecule has 21 nitrogen and oxygen atoms in total. The third-order valence-electron chi connectivity index (χ3n) is 22.4. The van der Waals surface area contributed by atoms with Crippen LogP contribution < -0.4 is 0 Å². The molecule has 0 aliphatic carbocycles. The Morgan fingerprint density at radius 1 is 0.194 bits per heavy atom. The summed E-state index contributed by atoms with van der Waals surface area (Å²) in [6.07, 6.45) is 24.8. The largest absolute Gasteiger partial charge is 0.292 e.